The van der Waals surface area contributed by atoms with Crippen LogP contribution in [0.3, 0.4) is 0 Å². The van der Waals surface area contributed by atoms with Gasteiger partial charge in [-0.2, -0.15) is 0 Å². The van der Waals surface area contributed by atoms with Gasteiger partial charge >= 0.3 is 5.97 Å². The molecule has 5 rings (SSSR count). The van der Waals surface area contributed by atoms with Crippen LogP contribution in [0.15, 0.2) is 65.1 Å². The highest BCUT2D eigenvalue weighted by atomic mass is 35.5. The van der Waals surface area contributed by atoms with E-state index in [1.165, 1.54) is 21.9 Å². The molecule has 0 aromatic heterocycles. The van der Waals surface area contributed by atoms with E-state index in [1.807, 2.05) is 0 Å². The third kappa shape index (κ3) is 3.06. The lowest BCUT2D eigenvalue weighted by Gasteiger charge is -2.44. The molecular formula is C26H23ClFN3O4. The van der Waals surface area contributed by atoms with Gasteiger partial charge in [-0.15, -0.1) is 0 Å². The Balaban J connectivity index is 1.92. The molecule has 1 aliphatic carbocycles. The number of rotatable bonds is 3. The molecular weight excluding hydrogens is 473 g/mol. The lowest BCUT2D eigenvalue weighted by molar-refractivity contribution is -0.140. The van der Waals surface area contributed by atoms with Gasteiger partial charge in [-0.05, 0) is 44.0 Å². The summed E-state index contributed by atoms with van der Waals surface area (Å²) in [5, 5.41) is 0.184. The Bertz CT molecular complexity index is 1370. The summed E-state index contributed by atoms with van der Waals surface area (Å²) >= 11 is 5.97. The highest BCUT2D eigenvalue weighted by molar-refractivity contribution is 6.30. The predicted molar refractivity (Wildman–Crippen MR) is 129 cm³/mol. The number of carbonyl (C=O) groups is 3. The number of fused-ring (bicyclic) bond motifs is 3. The molecule has 3 aliphatic rings. The third-order valence-corrected chi connectivity index (χ3v) is 7.06. The summed E-state index contributed by atoms with van der Waals surface area (Å²) in [6, 6.07) is 11.0. The number of halogens is 2. The molecule has 0 saturated carbocycles. The van der Waals surface area contributed by atoms with Crippen LogP contribution in [0.5, 0.6) is 0 Å². The number of para-hydroxylation sites is 1. The van der Waals surface area contributed by atoms with E-state index in [0.717, 1.165) is 6.07 Å². The van der Waals surface area contributed by atoms with Crippen molar-refractivity contribution < 1.29 is 23.5 Å². The molecule has 7 nitrogen and oxygen atoms in total. The zero-order chi connectivity index (χ0) is 25.1. The maximum Gasteiger partial charge on any atom is 0.339 e. The first-order valence-electron chi connectivity index (χ1n) is 11.3. The number of Topliss-reactive ketones (excluding diaryl/α,β-unsaturated/α-hetero) is 1. The molecule has 1 amide bonds. The van der Waals surface area contributed by atoms with Crippen LogP contribution < -0.4 is 15.5 Å². The lowest BCUT2D eigenvalue weighted by atomic mass is 9.63. The average molecular weight is 496 g/mol. The van der Waals surface area contributed by atoms with Crippen molar-refractivity contribution in [3.8, 4) is 0 Å². The fourth-order valence-corrected chi connectivity index (χ4v) is 5.65. The molecule has 1 spiro atoms. The number of ether oxygens (including phenoxy) is 1. The maximum atomic E-state index is 15.2. The summed E-state index contributed by atoms with van der Waals surface area (Å²) in [6.07, 6.45) is 1.04. The molecule has 180 valence electrons. The Morgan fingerprint density at radius 2 is 1.91 bits per heavy atom. The summed E-state index contributed by atoms with van der Waals surface area (Å²) in [7, 11) is 1.59. The zero-order valence-electron chi connectivity index (χ0n) is 19.2. The number of likely N-dealkylation sites (N-methyl/N-ethyl adjacent to an activating group) is 1. The first-order chi connectivity index (χ1) is 16.7. The molecule has 0 radical (unpaired) electrons. The first-order valence-corrected chi connectivity index (χ1v) is 11.7. The maximum absolute atomic E-state index is 15.2. The molecule has 2 aliphatic heterocycles. The second-order valence-electron chi connectivity index (χ2n) is 8.64. The molecule has 9 heteroatoms. The molecule has 1 atom stereocenters. The van der Waals surface area contributed by atoms with Crippen molar-refractivity contribution in [3.63, 3.8) is 0 Å². The molecule has 0 saturated heterocycles. The van der Waals surface area contributed by atoms with Gasteiger partial charge in [0.2, 0.25) is 5.91 Å². The van der Waals surface area contributed by atoms with Crippen LogP contribution in [0.1, 0.15) is 31.7 Å². The molecule has 2 aromatic rings. The number of hydrogen-bond acceptors (Lipinski definition) is 6. The molecule has 0 bridgehead atoms. The monoisotopic (exact) mass is 495 g/mol. The minimum absolute atomic E-state index is 0.0204. The van der Waals surface area contributed by atoms with Gasteiger partial charge in [-0.3, -0.25) is 14.5 Å². The van der Waals surface area contributed by atoms with Gasteiger partial charge in [-0.25, -0.2) is 9.18 Å². The van der Waals surface area contributed by atoms with E-state index >= 15 is 4.39 Å². The summed E-state index contributed by atoms with van der Waals surface area (Å²) < 4.78 is 20.5. The normalized spacial score (nSPS) is 21.6. The van der Waals surface area contributed by atoms with Gasteiger partial charge < -0.3 is 15.4 Å². The molecule has 35 heavy (non-hydrogen) atoms. The van der Waals surface area contributed by atoms with Crippen LogP contribution in [0.2, 0.25) is 5.02 Å². The van der Waals surface area contributed by atoms with Crippen molar-refractivity contribution in [1.82, 2.24) is 0 Å². The second-order valence-corrected chi connectivity index (χ2v) is 9.08. The summed E-state index contributed by atoms with van der Waals surface area (Å²) in [6.45, 7) is 1.65. The highest BCUT2D eigenvalue weighted by Crippen LogP contribution is 2.57. The number of anilines is 2. The van der Waals surface area contributed by atoms with E-state index in [1.54, 1.807) is 38.2 Å². The Labute approximate surface area is 206 Å². The average Bonchev–Trinajstić information content (AvgIpc) is 3.03. The quantitative estimate of drug-likeness (QED) is 0.648. The number of benzene rings is 2. The number of carbonyl (C=O) groups excluding carboxylic acids is 3. The van der Waals surface area contributed by atoms with Gasteiger partial charge in [0.15, 0.2) is 5.78 Å². The highest BCUT2D eigenvalue weighted by Gasteiger charge is 2.63. The van der Waals surface area contributed by atoms with Crippen molar-refractivity contribution in [2.24, 2.45) is 5.73 Å². The van der Waals surface area contributed by atoms with Gasteiger partial charge in [-0.1, -0.05) is 29.8 Å². The molecule has 0 fully saturated rings. The smallest absolute Gasteiger partial charge is 0.339 e. The van der Waals surface area contributed by atoms with E-state index in [9.17, 15) is 14.4 Å². The molecule has 2 aromatic carbocycles. The van der Waals surface area contributed by atoms with Gasteiger partial charge in [0.1, 0.15) is 22.6 Å². The van der Waals surface area contributed by atoms with E-state index in [2.05, 4.69) is 0 Å². The van der Waals surface area contributed by atoms with Crippen molar-refractivity contribution in [2.45, 2.75) is 31.6 Å². The number of esters is 1. The molecule has 2 heterocycles. The van der Waals surface area contributed by atoms with Crippen molar-refractivity contribution in [3.05, 3.63) is 81.5 Å². The van der Waals surface area contributed by atoms with E-state index in [-0.39, 0.29) is 46.5 Å². The number of nitrogens with zero attached hydrogens (tertiary/aromatic N) is 2. The van der Waals surface area contributed by atoms with E-state index < -0.39 is 23.1 Å². The Morgan fingerprint density at radius 3 is 2.63 bits per heavy atom. The Kier molecular flexibility index (Phi) is 5.44. The van der Waals surface area contributed by atoms with Crippen LogP contribution in [-0.4, -0.2) is 31.3 Å². The van der Waals surface area contributed by atoms with Crippen LogP contribution in [-0.2, 0) is 24.5 Å². The minimum Gasteiger partial charge on any atom is -0.462 e. The van der Waals surface area contributed by atoms with Crippen LogP contribution in [0.4, 0.5) is 15.8 Å². The standard InChI is InChI=1S/C26H23ClFN3O4/c1-3-35-24(33)22-23(29)31(18-12-11-14(27)13-16(18)28)19-9-6-10-20(32)21(19)26(22)15-7-4-5-8-17(15)30(2)25(26)34/h4-5,7-8,11-13H,3,6,9-10,29H2,1-2H3. The largest absolute Gasteiger partial charge is 0.462 e. The summed E-state index contributed by atoms with van der Waals surface area (Å²) in [5.41, 5.74) is 6.27. The van der Waals surface area contributed by atoms with Crippen molar-refractivity contribution in [1.29, 1.82) is 0 Å². The van der Waals surface area contributed by atoms with Crippen molar-refractivity contribution >= 4 is 40.6 Å². The third-order valence-electron chi connectivity index (χ3n) is 6.83. The minimum atomic E-state index is -1.78. The van der Waals surface area contributed by atoms with Crippen LogP contribution >= 0.6 is 11.6 Å². The molecule has 1 unspecified atom stereocenters. The SMILES string of the molecule is CCOC(=O)C1=C(N)N(c2ccc(Cl)cc2F)C2=C(C(=O)CCC2)C12C(=O)N(C)c1ccccc12. The topological polar surface area (TPSA) is 92.9 Å². The van der Waals surface area contributed by atoms with Crippen LogP contribution in [0, 0.1) is 5.82 Å². The number of ketones is 1. The zero-order valence-corrected chi connectivity index (χ0v) is 20.0. The fraction of sp³-hybridized carbons (Fsp3) is 0.269. The van der Waals surface area contributed by atoms with Gasteiger partial charge in [0.25, 0.3) is 0 Å². The van der Waals surface area contributed by atoms with Gasteiger partial charge in [0, 0.05) is 41.0 Å². The van der Waals surface area contributed by atoms with E-state index in [0.29, 0.717) is 29.8 Å². The summed E-state index contributed by atoms with van der Waals surface area (Å²) in [5.74, 6) is -2.45. The van der Waals surface area contributed by atoms with Crippen molar-refractivity contribution in [2.75, 3.05) is 23.5 Å². The van der Waals surface area contributed by atoms with Crippen LogP contribution in [0.25, 0.3) is 0 Å². The summed E-state index contributed by atoms with van der Waals surface area (Å²) in [4.78, 5) is 44.0. The lowest BCUT2D eigenvalue weighted by Crippen LogP contribution is -2.54. The van der Waals surface area contributed by atoms with E-state index in [4.69, 9.17) is 22.1 Å². The number of amides is 1. The Hall–Kier alpha value is -3.65. The molecule has 2 N–H and O–H groups in total. The fourth-order valence-electron chi connectivity index (χ4n) is 5.49. The first kappa shape index (κ1) is 23.1. The number of nitrogens with two attached hydrogens (primary N) is 1. The Morgan fingerprint density at radius 1 is 1.17 bits per heavy atom. The van der Waals surface area contributed by atoms with Gasteiger partial charge in [0.05, 0.1) is 12.3 Å². The second kappa shape index (κ2) is 8.23. The number of hydrogen-bond donors (Lipinski definition) is 1. The predicted octanol–water partition coefficient (Wildman–Crippen LogP) is 3.95. The number of allylic oxidation sites excluding steroid dienone is 1.